The summed E-state index contributed by atoms with van der Waals surface area (Å²) in [4.78, 5) is 12.8. The van der Waals surface area contributed by atoms with Gasteiger partial charge >= 0.3 is 0 Å². The number of sulfonamides is 1. The lowest BCUT2D eigenvalue weighted by molar-refractivity contribution is 0.0944. The van der Waals surface area contributed by atoms with E-state index in [-0.39, 0.29) is 22.3 Å². The highest BCUT2D eigenvalue weighted by atomic mass is 32.2. The number of nitriles is 1. The first-order chi connectivity index (χ1) is 15.8. The molecule has 1 aliphatic rings. The molecule has 33 heavy (non-hydrogen) atoms. The minimum Gasteiger partial charge on any atom is -0.495 e. The van der Waals surface area contributed by atoms with Crippen LogP contribution in [-0.4, -0.2) is 48.8 Å². The predicted molar refractivity (Wildman–Crippen MR) is 118 cm³/mol. The summed E-state index contributed by atoms with van der Waals surface area (Å²) >= 11 is 0. The Bertz CT molecular complexity index is 1160. The first kappa shape index (κ1) is 24.2. The van der Waals surface area contributed by atoms with Crippen molar-refractivity contribution in [2.75, 3.05) is 28.4 Å². The molecule has 0 aromatic heterocycles. The van der Waals surface area contributed by atoms with E-state index in [1.807, 2.05) is 6.07 Å². The summed E-state index contributed by atoms with van der Waals surface area (Å²) in [5.74, 6) is 0.470. The van der Waals surface area contributed by atoms with Crippen LogP contribution in [0, 0.1) is 11.3 Å². The zero-order valence-corrected chi connectivity index (χ0v) is 19.5. The van der Waals surface area contributed by atoms with Gasteiger partial charge in [0.05, 0.1) is 34.5 Å². The van der Waals surface area contributed by atoms with E-state index in [2.05, 4.69) is 10.0 Å². The van der Waals surface area contributed by atoms with Crippen molar-refractivity contribution in [3.8, 4) is 29.1 Å². The molecule has 11 heteroatoms. The zero-order valence-electron chi connectivity index (χ0n) is 18.7. The molecule has 0 radical (unpaired) electrons. The number of carbonyl (C=O) groups excluding carboxylic acids is 1. The van der Waals surface area contributed by atoms with E-state index >= 15 is 0 Å². The van der Waals surface area contributed by atoms with Gasteiger partial charge in [-0.1, -0.05) is 0 Å². The molecule has 0 aliphatic heterocycles. The lowest BCUT2D eigenvalue weighted by Gasteiger charge is -2.18. The number of hydrogen-bond donors (Lipinski definition) is 2. The smallest absolute Gasteiger partial charge is 0.252 e. The molecule has 0 bridgehead atoms. The highest BCUT2D eigenvalue weighted by molar-refractivity contribution is 7.89. The second kappa shape index (κ2) is 9.97. The molecular formula is C22H25N3O7S. The van der Waals surface area contributed by atoms with E-state index in [4.69, 9.17) is 18.9 Å². The largest absolute Gasteiger partial charge is 0.495 e. The standard InChI is InChI=1S/C22H25N3O7S/c1-29-17-8-5-13(11-20(17)33(27,28)25-15-6-7-15)22(26)24-16(12-23)14-9-18(30-2)21(32-4)19(10-14)31-3/h5,8-11,15-16,25H,6-7H2,1-4H3,(H,24,26). The summed E-state index contributed by atoms with van der Waals surface area (Å²) in [7, 11) is 1.81. The second-order valence-electron chi connectivity index (χ2n) is 7.26. The summed E-state index contributed by atoms with van der Waals surface area (Å²) in [6.07, 6.45) is 1.53. The molecule has 2 aromatic rings. The molecule has 0 spiro atoms. The summed E-state index contributed by atoms with van der Waals surface area (Å²) in [5.41, 5.74) is 0.455. The number of hydrogen-bond acceptors (Lipinski definition) is 8. The number of nitrogens with zero attached hydrogens (tertiary/aromatic N) is 1. The van der Waals surface area contributed by atoms with Crippen LogP contribution in [0.3, 0.4) is 0 Å². The molecule has 1 atom stereocenters. The van der Waals surface area contributed by atoms with Crippen LogP contribution in [0.25, 0.3) is 0 Å². The predicted octanol–water partition coefficient (Wildman–Crippen LogP) is 2.16. The van der Waals surface area contributed by atoms with Gasteiger partial charge in [0.15, 0.2) is 11.5 Å². The fourth-order valence-corrected chi connectivity index (χ4v) is 4.68. The zero-order chi connectivity index (χ0) is 24.2. The molecule has 10 nitrogen and oxygen atoms in total. The molecule has 2 aromatic carbocycles. The van der Waals surface area contributed by atoms with E-state index in [9.17, 15) is 18.5 Å². The van der Waals surface area contributed by atoms with Crippen molar-refractivity contribution in [2.45, 2.75) is 29.8 Å². The van der Waals surface area contributed by atoms with Gasteiger partial charge in [0.2, 0.25) is 15.8 Å². The average Bonchev–Trinajstić information content (AvgIpc) is 3.64. The van der Waals surface area contributed by atoms with Crippen molar-refractivity contribution < 1.29 is 32.2 Å². The molecule has 1 aliphatic carbocycles. The second-order valence-corrected chi connectivity index (χ2v) is 8.94. The molecule has 1 unspecified atom stereocenters. The number of nitrogens with one attached hydrogen (secondary N) is 2. The first-order valence-corrected chi connectivity index (χ1v) is 11.5. The summed E-state index contributed by atoms with van der Waals surface area (Å²) in [6.45, 7) is 0. The Balaban J connectivity index is 1.91. The number of methoxy groups -OCH3 is 4. The number of amides is 1. The lowest BCUT2D eigenvalue weighted by Crippen LogP contribution is -2.29. The molecule has 2 N–H and O–H groups in total. The van der Waals surface area contributed by atoms with Crippen molar-refractivity contribution >= 4 is 15.9 Å². The third kappa shape index (κ3) is 5.30. The third-order valence-corrected chi connectivity index (χ3v) is 6.58. The van der Waals surface area contributed by atoms with Gasteiger partial charge in [0.25, 0.3) is 5.91 Å². The van der Waals surface area contributed by atoms with Crippen LogP contribution < -0.4 is 29.0 Å². The lowest BCUT2D eigenvalue weighted by atomic mass is 10.1. The average molecular weight is 476 g/mol. The Morgan fingerprint density at radius 3 is 2.09 bits per heavy atom. The number of benzene rings is 2. The fraction of sp³-hybridized carbons (Fsp3) is 0.364. The van der Waals surface area contributed by atoms with Crippen molar-refractivity contribution in [3.05, 3.63) is 41.5 Å². The molecule has 0 heterocycles. The van der Waals surface area contributed by atoms with Crippen LogP contribution in [-0.2, 0) is 10.0 Å². The third-order valence-electron chi connectivity index (χ3n) is 5.04. The fourth-order valence-electron chi connectivity index (χ4n) is 3.18. The number of ether oxygens (including phenoxy) is 4. The molecule has 1 amide bonds. The van der Waals surface area contributed by atoms with Crippen molar-refractivity contribution in [1.82, 2.24) is 10.0 Å². The molecule has 3 rings (SSSR count). The molecular weight excluding hydrogens is 450 g/mol. The maximum atomic E-state index is 12.9. The summed E-state index contributed by atoms with van der Waals surface area (Å²) in [5, 5.41) is 12.3. The number of carbonyl (C=O) groups is 1. The minimum atomic E-state index is -3.87. The van der Waals surface area contributed by atoms with E-state index in [1.165, 1.54) is 46.6 Å². The Kier molecular flexibility index (Phi) is 7.30. The van der Waals surface area contributed by atoms with Gasteiger partial charge in [-0.15, -0.1) is 0 Å². The first-order valence-electron chi connectivity index (χ1n) is 9.98. The van der Waals surface area contributed by atoms with Crippen LogP contribution in [0.4, 0.5) is 0 Å². The normalized spacial score (nSPS) is 14.0. The van der Waals surface area contributed by atoms with Crippen LogP contribution >= 0.6 is 0 Å². The van der Waals surface area contributed by atoms with Gasteiger partial charge in [-0.25, -0.2) is 13.1 Å². The highest BCUT2D eigenvalue weighted by Gasteiger charge is 2.30. The van der Waals surface area contributed by atoms with E-state index in [0.29, 0.717) is 22.8 Å². The molecule has 1 fully saturated rings. The Morgan fingerprint density at radius 1 is 1.00 bits per heavy atom. The van der Waals surface area contributed by atoms with Gasteiger partial charge < -0.3 is 24.3 Å². The van der Waals surface area contributed by atoms with Gasteiger partial charge in [-0.05, 0) is 48.7 Å². The van der Waals surface area contributed by atoms with Gasteiger partial charge in [-0.3, -0.25) is 4.79 Å². The van der Waals surface area contributed by atoms with Gasteiger partial charge in [-0.2, -0.15) is 5.26 Å². The van der Waals surface area contributed by atoms with Crippen LogP contribution in [0.1, 0.15) is 34.8 Å². The van der Waals surface area contributed by atoms with E-state index in [0.717, 1.165) is 12.8 Å². The molecule has 0 saturated heterocycles. The van der Waals surface area contributed by atoms with Crippen LogP contribution in [0.5, 0.6) is 23.0 Å². The van der Waals surface area contributed by atoms with E-state index < -0.39 is 22.0 Å². The maximum Gasteiger partial charge on any atom is 0.252 e. The topological polar surface area (TPSA) is 136 Å². The van der Waals surface area contributed by atoms with Crippen molar-refractivity contribution in [1.29, 1.82) is 5.26 Å². The highest BCUT2D eigenvalue weighted by Crippen LogP contribution is 2.39. The monoisotopic (exact) mass is 475 g/mol. The molecule has 176 valence electrons. The Morgan fingerprint density at radius 2 is 1.61 bits per heavy atom. The van der Waals surface area contributed by atoms with Crippen molar-refractivity contribution in [2.24, 2.45) is 0 Å². The quantitative estimate of drug-likeness (QED) is 0.534. The van der Waals surface area contributed by atoms with Crippen LogP contribution in [0.15, 0.2) is 35.2 Å². The molecule has 1 saturated carbocycles. The van der Waals surface area contributed by atoms with Crippen molar-refractivity contribution in [3.63, 3.8) is 0 Å². The minimum absolute atomic E-state index is 0.0552. The SMILES string of the molecule is COc1ccc(C(=O)NC(C#N)c2cc(OC)c(OC)c(OC)c2)cc1S(=O)(=O)NC1CC1. The number of rotatable bonds is 10. The Hall–Kier alpha value is -3.49. The van der Waals surface area contributed by atoms with Crippen LogP contribution in [0.2, 0.25) is 0 Å². The summed E-state index contributed by atoms with van der Waals surface area (Å²) in [6, 6.07) is 8.00. The summed E-state index contributed by atoms with van der Waals surface area (Å²) < 4.78 is 49.1. The Labute approximate surface area is 192 Å². The van der Waals surface area contributed by atoms with Gasteiger partial charge in [0, 0.05) is 11.6 Å². The maximum absolute atomic E-state index is 12.9. The van der Waals surface area contributed by atoms with E-state index in [1.54, 1.807) is 12.1 Å². The van der Waals surface area contributed by atoms with Gasteiger partial charge in [0.1, 0.15) is 16.7 Å².